The van der Waals surface area contributed by atoms with Gasteiger partial charge in [-0.15, -0.1) is 0 Å². The Balaban J connectivity index is 1.78. The maximum absolute atomic E-state index is 13.9. The van der Waals surface area contributed by atoms with Crippen molar-refractivity contribution in [2.75, 3.05) is 46.3 Å². The molecule has 2 aromatic carbocycles. The minimum atomic E-state index is -0.689. The minimum Gasteiger partial charge on any atom is -0.452 e. The first kappa shape index (κ1) is 32.5. The Morgan fingerprint density at radius 1 is 0.951 bits per heavy atom. The van der Waals surface area contributed by atoms with Crippen LogP contribution in [0.3, 0.4) is 0 Å². The number of carbonyl (C=O) groups excluding carboxylic acids is 3. The summed E-state index contributed by atoms with van der Waals surface area (Å²) in [6, 6.07) is 18.8. The molecule has 1 N–H and O–H groups in total. The highest BCUT2D eigenvalue weighted by Crippen LogP contribution is 2.23. The van der Waals surface area contributed by atoms with E-state index in [1.54, 1.807) is 4.90 Å². The lowest BCUT2D eigenvalue weighted by Gasteiger charge is -2.35. The molecule has 0 aromatic heterocycles. The van der Waals surface area contributed by atoms with Crippen LogP contribution in [-0.4, -0.2) is 95.1 Å². The average Bonchev–Trinajstić information content (AvgIpc) is 2.94. The number of hydrogen-bond donors (Lipinski definition) is 1. The molecule has 1 aliphatic rings. The van der Waals surface area contributed by atoms with Gasteiger partial charge in [0.1, 0.15) is 11.6 Å². The predicted molar refractivity (Wildman–Crippen MR) is 166 cm³/mol. The van der Waals surface area contributed by atoms with Crippen LogP contribution >= 0.6 is 11.8 Å². The predicted octanol–water partition coefficient (Wildman–Crippen LogP) is 5.07. The van der Waals surface area contributed by atoms with E-state index in [0.717, 1.165) is 36.0 Å². The summed E-state index contributed by atoms with van der Waals surface area (Å²) in [4.78, 5) is 46.0. The number of ether oxygens (including phenoxy) is 1. The van der Waals surface area contributed by atoms with Crippen molar-refractivity contribution in [1.82, 2.24) is 20.0 Å². The Kier molecular flexibility index (Phi) is 12.5. The lowest BCUT2D eigenvalue weighted by atomic mass is 10.0. The summed E-state index contributed by atoms with van der Waals surface area (Å²) in [5.74, 6) is -0.0616. The zero-order valence-electron chi connectivity index (χ0n) is 25.2. The average molecular weight is 583 g/mol. The summed E-state index contributed by atoms with van der Waals surface area (Å²) < 4.78 is 5.53. The van der Waals surface area contributed by atoms with Crippen molar-refractivity contribution in [3.8, 4) is 0 Å². The highest BCUT2D eigenvalue weighted by molar-refractivity contribution is 8.13. The number of urea groups is 1. The molecule has 1 heterocycles. The summed E-state index contributed by atoms with van der Waals surface area (Å²) in [6.07, 6.45) is 1.76. The zero-order valence-corrected chi connectivity index (χ0v) is 26.0. The number of rotatable bonds is 11. The van der Waals surface area contributed by atoms with Crippen LogP contribution in [0, 0.1) is 0 Å². The molecular weight excluding hydrogens is 536 g/mol. The topological polar surface area (TPSA) is 82.2 Å². The van der Waals surface area contributed by atoms with Crippen LogP contribution in [0.1, 0.15) is 45.2 Å². The third-order valence-corrected chi connectivity index (χ3v) is 8.12. The van der Waals surface area contributed by atoms with E-state index in [0.29, 0.717) is 45.4 Å². The van der Waals surface area contributed by atoms with Crippen molar-refractivity contribution in [3.05, 3.63) is 71.8 Å². The molecule has 0 spiro atoms. The van der Waals surface area contributed by atoms with Crippen LogP contribution in [0.5, 0.6) is 0 Å². The standard InChI is InChI=1S/C32H46N4O4S/c1-6-27(41-31(39)40-32(2,3)4)24-36(18-17-25-13-9-7-10-14-25)30(38)33-28(23-26-15-11-8-12-16-26)29(37)35-21-19-34(5)20-22-35/h7-16,27-28H,6,17-24H2,1-5H3,(H,33,38)/t27?,28-/m0/s1. The number of piperazine rings is 1. The van der Waals surface area contributed by atoms with Crippen LogP contribution in [0.25, 0.3) is 0 Å². The van der Waals surface area contributed by atoms with Gasteiger partial charge in [-0.05, 0) is 63.5 Å². The number of nitrogens with one attached hydrogen (secondary N) is 1. The molecule has 0 bridgehead atoms. The number of thioether (sulfide) groups is 1. The molecule has 1 fully saturated rings. The van der Waals surface area contributed by atoms with Gasteiger partial charge in [0.2, 0.25) is 5.91 Å². The molecule has 2 atom stereocenters. The van der Waals surface area contributed by atoms with Gasteiger partial charge in [0.25, 0.3) is 0 Å². The van der Waals surface area contributed by atoms with E-state index < -0.39 is 11.6 Å². The summed E-state index contributed by atoms with van der Waals surface area (Å²) in [7, 11) is 2.05. The fourth-order valence-corrected chi connectivity index (χ4v) is 5.62. The molecule has 0 aliphatic carbocycles. The van der Waals surface area contributed by atoms with E-state index in [4.69, 9.17) is 4.74 Å². The second-order valence-electron chi connectivity index (χ2n) is 11.6. The highest BCUT2D eigenvalue weighted by Gasteiger charge is 2.31. The van der Waals surface area contributed by atoms with Crippen molar-refractivity contribution in [3.63, 3.8) is 0 Å². The first-order valence-corrected chi connectivity index (χ1v) is 15.4. The molecular formula is C32H46N4O4S. The normalized spacial score (nSPS) is 15.6. The number of nitrogens with zero attached hydrogens (tertiary/aromatic N) is 3. The number of amides is 3. The van der Waals surface area contributed by atoms with E-state index in [2.05, 4.69) is 17.3 Å². The van der Waals surface area contributed by atoms with Crippen LogP contribution in [-0.2, 0) is 22.4 Å². The van der Waals surface area contributed by atoms with Gasteiger partial charge in [0.15, 0.2) is 0 Å². The quantitative estimate of drug-likeness (QED) is 0.373. The lowest BCUT2D eigenvalue weighted by molar-refractivity contribution is -0.134. The van der Waals surface area contributed by atoms with Crippen LogP contribution < -0.4 is 5.32 Å². The van der Waals surface area contributed by atoms with Crippen molar-refractivity contribution in [1.29, 1.82) is 0 Å². The SMILES string of the molecule is CCC(CN(CCc1ccccc1)C(=O)N[C@@H](Cc1ccccc1)C(=O)N1CCN(C)CC1)SC(=O)OC(C)(C)C. The van der Waals surface area contributed by atoms with Crippen molar-refractivity contribution in [2.24, 2.45) is 0 Å². The van der Waals surface area contributed by atoms with Gasteiger partial charge in [-0.25, -0.2) is 9.59 Å². The zero-order chi connectivity index (χ0) is 29.8. The molecule has 0 radical (unpaired) electrons. The Hall–Kier alpha value is -3.04. The fraction of sp³-hybridized carbons (Fsp3) is 0.531. The summed E-state index contributed by atoms with van der Waals surface area (Å²) in [6.45, 7) is 11.2. The highest BCUT2D eigenvalue weighted by atomic mass is 32.2. The van der Waals surface area contributed by atoms with Crippen LogP contribution in [0.15, 0.2) is 60.7 Å². The molecule has 0 saturated carbocycles. The van der Waals surface area contributed by atoms with Gasteiger partial charge in [-0.3, -0.25) is 4.79 Å². The van der Waals surface area contributed by atoms with Crippen molar-refractivity contribution in [2.45, 2.75) is 63.9 Å². The minimum absolute atomic E-state index is 0.0616. The molecule has 3 amide bonds. The summed E-state index contributed by atoms with van der Waals surface area (Å²) in [5.41, 5.74) is 1.52. The fourth-order valence-electron chi connectivity index (χ4n) is 4.63. The van der Waals surface area contributed by atoms with E-state index >= 15 is 0 Å². The number of hydrogen-bond acceptors (Lipinski definition) is 6. The van der Waals surface area contributed by atoms with Gasteiger partial charge in [-0.1, -0.05) is 67.6 Å². The Bertz CT molecular complexity index is 1100. The molecule has 2 aromatic rings. The van der Waals surface area contributed by atoms with Gasteiger partial charge in [0.05, 0.1) is 0 Å². The Morgan fingerprint density at radius 2 is 1.54 bits per heavy atom. The lowest BCUT2D eigenvalue weighted by Crippen LogP contribution is -2.57. The molecule has 41 heavy (non-hydrogen) atoms. The largest absolute Gasteiger partial charge is 0.452 e. The number of carbonyl (C=O) groups is 3. The Morgan fingerprint density at radius 3 is 2.10 bits per heavy atom. The number of likely N-dealkylation sites (N-methyl/N-ethyl adjacent to an activating group) is 1. The molecule has 8 nitrogen and oxygen atoms in total. The van der Waals surface area contributed by atoms with Crippen LogP contribution in [0.2, 0.25) is 0 Å². The monoisotopic (exact) mass is 582 g/mol. The number of benzene rings is 2. The first-order valence-electron chi connectivity index (χ1n) is 14.5. The van der Waals surface area contributed by atoms with E-state index in [-0.39, 0.29) is 22.5 Å². The maximum atomic E-state index is 13.9. The van der Waals surface area contributed by atoms with E-state index in [1.807, 2.05) is 93.3 Å². The van der Waals surface area contributed by atoms with Crippen molar-refractivity contribution >= 4 is 29.0 Å². The van der Waals surface area contributed by atoms with Crippen LogP contribution in [0.4, 0.5) is 9.59 Å². The second-order valence-corrected chi connectivity index (χ2v) is 12.9. The van der Waals surface area contributed by atoms with Gasteiger partial charge >= 0.3 is 11.3 Å². The second kappa shape index (κ2) is 15.8. The first-order chi connectivity index (χ1) is 19.5. The van der Waals surface area contributed by atoms with E-state index in [1.165, 1.54) is 0 Å². The molecule has 9 heteroatoms. The summed E-state index contributed by atoms with van der Waals surface area (Å²) >= 11 is 1.13. The molecule has 224 valence electrons. The molecule has 1 saturated heterocycles. The van der Waals surface area contributed by atoms with Gasteiger partial charge in [-0.2, -0.15) is 0 Å². The van der Waals surface area contributed by atoms with E-state index in [9.17, 15) is 14.4 Å². The third kappa shape index (κ3) is 11.4. The Labute approximate surface area is 249 Å². The summed E-state index contributed by atoms with van der Waals surface area (Å²) in [5, 5.41) is 2.59. The maximum Gasteiger partial charge on any atom is 0.368 e. The van der Waals surface area contributed by atoms with Crippen molar-refractivity contribution < 1.29 is 19.1 Å². The van der Waals surface area contributed by atoms with Gasteiger partial charge < -0.3 is 24.8 Å². The molecule has 1 aliphatic heterocycles. The molecule has 1 unspecified atom stereocenters. The molecule has 3 rings (SSSR count). The smallest absolute Gasteiger partial charge is 0.368 e. The third-order valence-electron chi connectivity index (χ3n) is 7.03. The van der Waals surface area contributed by atoms with Gasteiger partial charge in [0, 0.05) is 50.9 Å².